The molecule has 7 nitrogen and oxygen atoms in total. The van der Waals surface area contributed by atoms with Crippen molar-refractivity contribution in [1.29, 1.82) is 0 Å². The summed E-state index contributed by atoms with van der Waals surface area (Å²) in [6.07, 6.45) is 2.05. The van der Waals surface area contributed by atoms with Gasteiger partial charge in [-0.05, 0) is 19.8 Å². The smallest absolute Gasteiger partial charge is 0.326 e. The highest BCUT2D eigenvalue weighted by molar-refractivity contribution is 5.83. The Morgan fingerprint density at radius 2 is 1.80 bits per heavy atom. The molecule has 20 heavy (non-hydrogen) atoms. The van der Waals surface area contributed by atoms with Gasteiger partial charge in [0.05, 0.1) is 0 Å². The molecule has 2 atom stereocenters. The maximum Gasteiger partial charge on any atom is 0.326 e. The third-order valence-electron chi connectivity index (χ3n) is 2.84. The zero-order valence-electron chi connectivity index (χ0n) is 12.4. The highest BCUT2D eigenvalue weighted by Gasteiger charge is 2.18. The van der Waals surface area contributed by atoms with Crippen molar-refractivity contribution in [3.8, 4) is 0 Å². The molecule has 3 amide bonds. The van der Waals surface area contributed by atoms with Gasteiger partial charge in [0, 0.05) is 19.0 Å². The number of hydrogen-bond donors (Lipinski definition) is 4. The molecule has 0 aliphatic carbocycles. The highest BCUT2D eigenvalue weighted by Crippen LogP contribution is 1.96. The normalized spacial score (nSPS) is 13.2. The van der Waals surface area contributed by atoms with Gasteiger partial charge in [-0.1, -0.05) is 20.3 Å². The molecule has 116 valence electrons. The van der Waals surface area contributed by atoms with E-state index in [0.717, 1.165) is 6.42 Å². The molecule has 0 rings (SSSR count). The van der Waals surface area contributed by atoms with Crippen LogP contribution in [0.15, 0.2) is 0 Å². The second-order valence-electron chi connectivity index (χ2n) is 4.71. The fraction of sp³-hybridized carbons (Fsp3) is 0.769. The van der Waals surface area contributed by atoms with E-state index in [4.69, 9.17) is 5.11 Å². The third-order valence-corrected chi connectivity index (χ3v) is 2.84. The largest absolute Gasteiger partial charge is 0.480 e. The number of aliphatic carboxylic acids is 1. The molecule has 4 N–H and O–H groups in total. The van der Waals surface area contributed by atoms with Gasteiger partial charge in [0.1, 0.15) is 6.04 Å². The van der Waals surface area contributed by atoms with Gasteiger partial charge in [0.2, 0.25) is 5.91 Å². The van der Waals surface area contributed by atoms with Crippen molar-refractivity contribution < 1.29 is 19.5 Å². The lowest BCUT2D eigenvalue weighted by molar-refractivity contribution is -0.139. The molecule has 0 aromatic heterocycles. The minimum absolute atomic E-state index is 0.109. The van der Waals surface area contributed by atoms with Crippen molar-refractivity contribution in [3.05, 3.63) is 0 Å². The van der Waals surface area contributed by atoms with Crippen LogP contribution in [0.4, 0.5) is 4.79 Å². The Morgan fingerprint density at radius 3 is 2.30 bits per heavy atom. The van der Waals surface area contributed by atoms with E-state index in [-0.39, 0.29) is 24.9 Å². The van der Waals surface area contributed by atoms with Crippen LogP contribution < -0.4 is 16.0 Å². The van der Waals surface area contributed by atoms with Crippen LogP contribution in [-0.4, -0.2) is 41.6 Å². The molecule has 7 heteroatoms. The van der Waals surface area contributed by atoms with Crippen molar-refractivity contribution in [2.75, 3.05) is 6.54 Å². The average Bonchev–Trinajstić information content (AvgIpc) is 2.37. The predicted molar refractivity (Wildman–Crippen MR) is 75.4 cm³/mol. The molecule has 0 spiro atoms. The molecule has 0 aromatic carbocycles. The second-order valence-corrected chi connectivity index (χ2v) is 4.71. The number of carboxylic acids is 1. The topological polar surface area (TPSA) is 108 Å². The minimum Gasteiger partial charge on any atom is -0.480 e. The molecule has 0 saturated heterocycles. The van der Waals surface area contributed by atoms with E-state index in [1.807, 2.05) is 20.8 Å². The van der Waals surface area contributed by atoms with Gasteiger partial charge < -0.3 is 21.1 Å². The number of amides is 3. The lowest BCUT2D eigenvalue weighted by Crippen LogP contribution is -2.46. The molecule has 0 bridgehead atoms. The van der Waals surface area contributed by atoms with Crippen LogP contribution in [0.5, 0.6) is 0 Å². The van der Waals surface area contributed by atoms with Crippen LogP contribution in [0.25, 0.3) is 0 Å². The lowest BCUT2D eigenvalue weighted by atomic mass is 10.2. The van der Waals surface area contributed by atoms with Crippen molar-refractivity contribution in [3.63, 3.8) is 0 Å². The second kappa shape index (κ2) is 10.1. The first-order chi connectivity index (χ1) is 9.40. The summed E-state index contributed by atoms with van der Waals surface area (Å²) in [5, 5.41) is 16.5. The van der Waals surface area contributed by atoms with E-state index in [9.17, 15) is 14.4 Å². The van der Waals surface area contributed by atoms with Crippen LogP contribution in [0.2, 0.25) is 0 Å². The van der Waals surface area contributed by atoms with E-state index >= 15 is 0 Å². The zero-order chi connectivity index (χ0) is 15.5. The summed E-state index contributed by atoms with van der Waals surface area (Å²) in [6.45, 7) is 5.89. The van der Waals surface area contributed by atoms with Crippen LogP contribution in [0, 0.1) is 0 Å². The van der Waals surface area contributed by atoms with E-state index in [1.54, 1.807) is 0 Å². The Bertz CT molecular complexity index is 334. The quantitative estimate of drug-likeness (QED) is 0.504. The highest BCUT2D eigenvalue weighted by atomic mass is 16.4. The summed E-state index contributed by atoms with van der Waals surface area (Å²) in [5.41, 5.74) is 0. The molecular weight excluding hydrogens is 262 g/mol. The zero-order valence-corrected chi connectivity index (χ0v) is 12.4. The number of carbonyl (C=O) groups excluding carboxylic acids is 2. The molecule has 0 aromatic rings. The first-order valence-corrected chi connectivity index (χ1v) is 6.97. The Morgan fingerprint density at radius 1 is 1.15 bits per heavy atom. The first kappa shape index (κ1) is 18.2. The summed E-state index contributed by atoms with van der Waals surface area (Å²) in [5.74, 6) is -1.19. The molecule has 0 aliphatic heterocycles. The first-order valence-electron chi connectivity index (χ1n) is 6.97. The molecule has 0 saturated carbocycles. The van der Waals surface area contributed by atoms with Crippen LogP contribution in [0.3, 0.4) is 0 Å². The molecule has 0 radical (unpaired) electrons. The summed E-state index contributed by atoms with van der Waals surface area (Å²) < 4.78 is 0. The monoisotopic (exact) mass is 287 g/mol. The van der Waals surface area contributed by atoms with E-state index in [2.05, 4.69) is 16.0 Å². The summed E-state index contributed by atoms with van der Waals surface area (Å²) in [6, 6.07) is -1.35. The summed E-state index contributed by atoms with van der Waals surface area (Å²) >= 11 is 0. The number of carbonyl (C=O) groups is 3. The minimum atomic E-state index is -1.06. The Hall–Kier alpha value is -1.79. The number of carboxylic acid groups (broad SMARTS) is 1. The van der Waals surface area contributed by atoms with Crippen molar-refractivity contribution >= 4 is 17.9 Å². The maximum atomic E-state index is 11.5. The van der Waals surface area contributed by atoms with Gasteiger partial charge in [-0.2, -0.15) is 0 Å². The van der Waals surface area contributed by atoms with Gasteiger partial charge in [-0.3, -0.25) is 4.79 Å². The predicted octanol–water partition coefficient (Wildman–Crippen LogP) is 0.844. The van der Waals surface area contributed by atoms with Crippen LogP contribution in [0.1, 0.15) is 46.5 Å². The number of urea groups is 1. The third kappa shape index (κ3) is 8.34. The van der Waals surface area contributed by atoms with Crippen molar-refractivity contribution in [2.45, 2.75) is 58.5 Å². The van der Waals surface area contributed by atoms with Gasteiger partial charge in [0.15, 0.2) is 0 Å². The molecule has 0 heterocycles. The molecule has 0 aliphatic rings. The van der Waals surface area contributed by atoms with E-state index in [0.29, 0.717) is 12.8 Å². The van der Waals surface area contributed by atoms with E-state index < -0.39 is 18.0 Å². The van der Waals surface area contributed by atoms with E-state index in [1.165, 1.54) is 0 Å². The number of hydrogen-bond acceptors (Lipinski definition) is 3. The lowest BCUT2D eigenvalue weighted by Gasteiger charge is -2.15. The van der Waals surface area contributed by atoms with Crippen LogP contribution in [-0.2, 0) is 9.59 Å². The molecular formula is C13H25N3O4. The molecule has 0 fully saturated rings. The van der Waals surface area contributed by atoms with Gasteiger partial charge >= 0.3 is 12.0 Å². The van der Waals surface area contributed by atoms with Crippen LogP contribution >= 0.6 is 0 Å². The van der Waals surface area contributed by atoms with Gasteiger partial charge in [-0.15, -0.1) is 0 Å². The number of nitrogens with one attached hydrogen (secondary N) is 3. The summed E-state index contributed by atoms with van der Waals surface area (Å²) in [4.78, 5) is 33.8. The fourth-order valence-corrected chi connectivity index (χ4v) is 1.49. The standard InChI is InChI=1S/C13H25N3O4/c1-4-6-10(12(18)19)16-13(20)14-8-7-11(17)15-9(3)5-2/h9-10H,4-8H2,1-3H3,(H,15,17)(H,18,19)(H2,14,16,20)/t9?,10-/m0/s1. The van der Waals surface area contributed by atoms with Gasteiger partial charge in [-0.25, -0.2) is 9.59 Å². The average molecular weight is 287 g/mol. The van der Waals surface area contributed by atoms with Gasteiger partial charge in [0.25, 0.3) is 0 Å². The maximum absolute atomic E-state index is 11.5. The Labute approximate surface area is 119 Å². The Kier molecular flexibility index (Phi) is 9.15. The molecule has 1 unspecified atom stereocenters. The number of rotatable bonds is 9. The summed E-state index contributed by atoms with van der Waals surface area (Å²) in [7, 11) is 0. The Balaban J connectivity index is 3.93. The van der Waals surface area contributed by atoms with Crippen molar-refractivity contribution in [1.82, 2.24) is 16.0 Å². The fourth-order valence-electron chi connectivity index (χ4n) is 1.49. The van der Waals surface area contributed by atoms with Crippen molar-refractivity contribution in [2.24, 2.45) is 0 Å². The SMILES string of the molecule is CCC[C@H](NC(=O)NCCC(=O)NC(C)CC)C(=O)O.